The van der Waals surface area contributed by atoms with Crippen LogP contribution in [0.15, 0.2) is 0 Å². The van der Waals surface area contributed by atoms with Crippen molar-refractivity contribution in [2.75, 3.05) is 13.2 Å². The number of unbranched alkanes of at least 4 members (excludes halogenated alkanes) is 5. The van der Waals surface area contributed by atoms with E-state index in [1.54, 1.807) is 0 Å². The molecule has 90 valence electrons. The topological polar surface area (TPSA) is 26.3 Å². The van der Waals surface area contributed by atoms with Gasteiger partial charge in [-0.05, 0) is 12.8 Å². The van der Waals surface area contributed by atoms with Gasteiger partial charge in [0.2, 0.25) is 0 Å². The lowest BCUT2D eigenvalue weighted by atomic mass is 10.1. The quantitative estimate of drug-likeness (QED) is 0.490. The van der Waals surface area contributed by atoms with Crippen molar-refractivity contribution in [1.29, 1.82) is 0 Å². The largest absolute Gasteiger partial charge is 0.374 e. The van der Waals surface area contributed by atoms with Crippen LogP contribution in [-0.4, -0.2) is 19.0 Å². The monoisotopic (exact) mass is 214 g/mol. The second-order valence-corrected chi connectivity index (χ2v) is 4.11. The van der Waals surface area contributed by atoms with Crippen LogP contribution in [0.4, 0.5) is 0 Å². The first-order valence-electron chi connectivity index (χ1n) is 6.40. The first-order valence-corrected chi connectivity index (χ1v) is 6.40. The molecule has 0 unspecified atom stereocenters. The van der Waals surface area contributed by atoms with Gasteiger partial charge in [0.15, 0.2) is 5.78 Å². The van der Waals surface area contributed by atoms with Gasteiger partial charge >= 0.3 is 0 Å². The molecule has 0 aromatic heterocycles. The number of carbonyl (C=O) groups is 1. The van der Waals surface area contributed by atoms with Crippen LogP contribution >= 0.6 is 0 Å². The van der Waals surface area contributed by atoms with Gasteiger partial charge < -0.3 is 4.74 Å². The van der Waals surface area contributed by atoms with E-state index in [1.165, 1.54) is 32.1 Å². The van der Waals surface area contributed by atoms with E-state index in [1.807, 2.05) is 0 Å². The highest BCUT2D eigenvalue weighted by Gasteiger charge is 2.01. The van der Waals surface area contributed by atoms with Gasteiger partial charge in [-0.25, -0.2) is 0 Å². The second-order valence-electron chi connectivity index (χ2n) is 4.11. The molecule has 15 heavy (non-hydrogen) atoms. The minimum atomic E-state index is 0.263. The third kappa shape index (κ3) is 11.6. The molecule has 2 heteroatoms. The molecule has 0 aromatic rings. The molecule has 0 amide bonds. The summed E-state index contributed by atoms with van der Waals surface area (Å²) in [5.74, 6) is 0.263. The predicted octanol–water partition coefficient (Wildman–Crippen LogP) is 3.73. The summed E-state index contributed by atoms with van der Waals surface area (Å²) in [5, 5.41) is 0. The lowest BCUT2D eigenvalue weighted by Crippen LogP contribution is -2.08. The van der Waals surface area contributed by atoms with Crippen molar-refractivity contribution in [1.82, 2.24) is 0 Å². The average Bonchev–Trinajstić information content (AvgIpc) is 2.23. The fraction of sp³-hybridized carbons (Fsp3) is 0.923. The summed E-state index contributed by atoms with van der Waals surface area (Å²) < 4.78 is 5.19. The zero-order valence-corrected chi connectivity index (χ0v) is 10.4. The van der Waals surface area contributed by atoms with Crippen LogP contribution in [0.25, 0.3) is 0 Å². The van der Waals surface area contributed by atoms with Gasteiger partial charge in [0.05, 0.1) is 0 Å². The molecule has 0 aromatic carbocycles. The molecule has 0 saturated heterocycles. The highest BCUT2D eigenvalue weighted by Crippen LogP contribution is 2.07. The van der Waals surface area contributed by atoms with Gasteiger partial charge in [-0.1, -0.05) is 46.0 Å². The summed E-state index contributed by atoms with van der Waals surface area (Å²) in [4.78, 5) is 11.3. The number of ether oxygens (including phenoxy) is 1. The third-order valence-corrected chi connectivity index (χ3v) is 2.42. The molecule has 0 aliphatic heterocycles. The molecule has 0 heterocycles. The lowest BCUT2D eigenvalue weighted by molar-refractivity contribution is -0.123. The first kappa shape index (κ1) is 14.6. The SMILES string of the molecule is CCCCCCCCC(=O)COCCC. The molecule has 0 rings (SSSR count). The van der Waals surface area contributed by atoms with E-state index in [2.05, 4.69) is 13.8 Å². The van der Waals surface area contributed by atoms with E-state index in [0.717, 1.165) is 12.8 Å². The smallest absolute Gasteiger partial charge is 0.158 e. The van der Waals surface area contributed by atoms with Crippen molar-refractivity contribution in [2.24, 2.45) is 0 Å². The van der Waals surface area contributed by atoms with E-state index in [9.17, 15) is 4.79 Å². The van der Waals surface area contributed by atoms with Crippen LogP contribution in [0, 0.1) is 0 Å². The van der Waals surface area contributed by atoms with Crippen molar-refractivity contribution in [3.63, 3.8) is 0 Å². The van der Waals surface area contributed by atoms with Gasteiger partial charge in [-0.2, -0.15) is 0 Å². The Kier molecular flexibility index (Phi) is 11.4. The Morgan fingerprint density at radius 3 is 2.27 bits per heavy atom. The Labute approximate surface area is 94.4 Å². The summed E-state index contributed by atoms with van der Waals surface area (Å²) in [6.07, 6.45) is 9.13. The maximum absolute atomic E-state index is 11.3. The van der Waals surface area contributed by atoms with Gasteiger partial charge in [-0.15, -0.1) is 0 Å². The number of hydrogen-bond donors (Lipinski definition) is 0. The number of carbonyl (C=O) groups excluding carboxylic acids is 1. The molecule has 0 aliphatic carbocycles. The number of ketones is 1. The van der Waals surface area contributed by atoms with E-state index < -0.39 is 0 Å². The van der Waals surface area contributed by atoms with Crippen LogP contribution in [0.5, 0.6) is 0 Å². The molecule has 0 N–H and O–H groups in total. The van der Waals surface area contributed by atoms with Crippen molar-refractivity contribution in [3.05, 3.63) is 0 Å². The minimum absolute atomic E-state index is 0.263. The predicted molar refractivity (Wildman–Crippen MR) is 64.1 cm³/mol. The number of rotatable bonds is 11. The Hall–Kier alpha value is -0.370. The van der Waals surface area contributed by atoms with Crippen LogP contribution in [-0.2, 0) is 9.53 Å². The lowest BCUT2D eigenvalue weighted by Gasteiger charge is -2.02. The fourth-order valence-electron chi connectivity index (χ4n) is 1.51. The van der Waals surface area contributed by atoms with Crippen molar-refractivity contribution in [2.45, 2.75) is 65.2 Å². The van der Waals surface area contributed by atoms with Crippen molar-refractivity contribution in [3.8, 4) is 0 Å². The average molecular weight is 214 g/mol. The molecule has 0 fully saturated rings. The zero-order valence-electron chi connectivity index (χ0n) is 10.4. The number of Topliss-reactive ketones (excluding diaryl/α,β-unsaturated/α-hetero) is 1. The van der Waals surface area contributed by atoms with Crippen molar-refractivity contribution >= 4 is 5.78 Å². The van der Waals surface area contributed by atoms with Crippen LogP contribution < -0.4 is 0 Å². The van der Waals surface area contributed by atoms with E-state index in [4.69, 9.17) is 4.74 Å². The molecule has 0 aliphatic rings. The Morgan fingerprint density at radius 1 is 0.933 bits per heavy atom. The van der Waals surface area contributed by atoms with Gasteiger partial charge in [0, 0.05) is 13.0 Å². The first-order chi connectivity index (χ1) is 7.31. The minimum Gasteiger partial charge on any atom is -0.374 e. The Bertz CT molecular complexity index is 143. The molecule has 2 nitrogen and oxygen atoms in total. The van der Waals surface area contributed by atoms with Crippen LogP contribution in [0.2, 0.25) is 0 Å². The fourth-order valence-corrected chi connectivity index (χ4v) is 1.51. The van der Waals surface area contributed by atoms with E-state index in [0.29, 0.717) is 19.6 Å². The van der Waals surface area contributed by atoms with Crippen LogP contribution in [0.1, 0.15) is 65.2 Å². The molecular weight excluding hydrogens is 188 g/mol. The number of hydrogen-bond acceptors (Lipinski definition) is 2. The maximum Gasteiger partial charge on any atom is 0.158 e. The highest BCUT2D eigenvalue weighted by molar-refractivity contribution is 5.79. The summed E-state index contributed by atoms with van der Waals surface area (Å²) in [5.41, 5.74) is 0. The zero-order chi connectivity index (χ0) is 11.4. The molecule has 0 atom stereocenters. The van der Waals surface area contributed by atoms with Gasteiger partial charge in [0.25, 0.3) is 0 Å². The van der Waals surface area contributed by atoms with Crippen LogP contribution in [0.3, 0.4) is 0 Å². The molecule has 0 radical (unpaired) electrons. The van der Waals surface area contributed by atoms with Gasteiger partial charge in [-0.3, -0.25) is 4.79 Å². The normalized spacial score (nSPS) is 10.5. The standard InChI is InChI=1S/C13H26O2/c1-3-5-6-7-8-9-10-13(14)12-15-11-4-2/h3-12H2,1-2H3. The third-order valence-electron chi connectivity index (χ3n) is 2.42. The summed E-state index contributed by atoms with van der Waals surface area (Å²) in [7, 11) is 0. The Balaban J connectivity index is 3.10. The molecule has 0 saturated carbocycles. The molecule has 0 bridgehead atoms. The van der Waals surface area contributed by atoms with Crippen molar-refractivity contribution < 1.29 is 9.53 Å². The maximum atomic E-state index is 11.3. The summed E-state index contributed by atoms with van der Waals surface area (Å²) in [6.45, 7) is 5.30. The second kappa shape index (κ2) is 11.7. The molecule has 0 spiro atoms. The van der Waals surface area contributed by atoms with E-state index in [-0.39, 0.29) is 5.78 Å². The summed E-state index contributed by atoms with van der Waals surface area (Å²) in [6, 6.07) is 0. The molecular formula is C13H26O2. The summed E-state index contributed by atoms with van der Waals surface area (Å²) >= 11 is 0. The van der Waals surface area contributed by atoms with E-state index >= 15 is 0 Å². The highest BCUT2D eigenvalue weighted by atomic mass is 16.5. The Morgan fingerprint density at radius 2 is 1.60 bits per heavy atom. The van der Waals surface area contributed by atoms with Gasteiger partial charge in [0.1, 0.15) is 6.61 Å².